The van der Waals surface area contributed by atoms with Gasteiger partial charge in [0.25, 0.3) is 0 Å². The molecule has 0 aromatic heterocycles. The third-order valence-electron chi connectivity index (χ3n) is 2.32. The van der Waals surface area contributed by atoms with E-state index in [9.17, 15) is 4.21 Å². The number of rotatable bonds is 3. The van der Waals surface area contributed by atoms with Crippen molar-refractivity contribution in [3.8, 4) is 0 Å². The first-order chi connectivity index (χ1) is 5.59. The van der Waals surface area contributed by atoms with E-state index in [1.165, 1.54) is 0 Å². The number of hydrogen-bond acceptors (Lipinski definition) is 2. The highest BCUT2D eigenvalue weighted by molar-refractivity contribution is 7.84. The first kappa shape index (κ1) is 10.5. The molecule has 0 bridgehead atoms. The highest BCUT2D eigenvalue weighted by Crippen LogP contribution is 2.20. The molecule has 72 valence electrons. The van der Waals surface area contributed by atoms with E-state index < -0.39 is 10.8 Å². The molecule has 0 spiro atoms. The summed E-state index contributed by atoms with van der Waals surface area (Å²) in [4.78, 5) is 2.32. The monoisotopic (exact) mass is 209 g/mol. The maximum atomic E-state index is 10.8. The molecule has 3 atom stereocenters. The minimum absolute atomic E-state index is 0.297. The molecule has 0 aliphatic carbocycles. The molecule has 0 amide bonds. The van der Waals surface area contributed by atoms with Gasteiger partial charge in [-0.3, -0.25) is 9.11 Å². The smallest absolute Gasteiger partial charge is 0.0478 e. The van der Waals surface area contributed by atoms with Gasteiger partial charge in [0.05, 0.1) is 0 Å². The molecule has 4 heteroatoms. The van der Waals surface area contributed by atoms with Gasteiger partial charge in [0.2, 0.25) is 0 Å². The fraction of sp³-hybridized carbons (Fsp3) is 1.00. The molecule has 1 fully saturated rings. The zero-order valence-electron chi connectivity index (χ0n) is 7.62. The van der Waals surface area contributed by atoms with Gasteiger partial charge in [-0.25, -0.2) is 0 Å². The SMILES string of the molecule is CC1CC(Cl)CN1CCS(C)=O. The lowest BCUT2D eigenvalue weighted by Crippen LogP contribution is -2.31. The predicted molar refractivity (Wildman–Crippen MR) is 54.2 cm³/mol. The Balaban J connectivity index is 2.28. The average Bonchev–Trinajstić information content (AvgIpc) is 2.26. The average molecular weight is 210 g/mol. The van der Waals surface area contributed by atoms with Crippen LogP contribution in [0.15, 0.2) is 0 Å². The molecule has 0 N–H and O–H groups in total. The Morgan fingerprint density at radius 1 is 1.67 bits per heavy atom. The molecule has 1 saturated heterocycles. The molecule has 1 aliphatic heterocycles. The van der Waals surface area contributed by atoms with E-state index in [-0.39, 0.29) is 0 Å². The van der Waals surface area contributed by atoms with Crippen molar-refractivity contribution in [2.75, 3.05) is 25.1 Å². The van der Waals surface area contributed by atoms with Gasteiger partial charge in [0, 0.05) is 47.3 Å². The van der Waals surface area contributed by atoms with Gasteiger partial charge in [-0.15, -0.1) is 11.6 Å². The van der Waals surface area contributed by atoms with Crippen LogP contribution < -0.4 is 0 Å². The fourth-order valence-corrected chi connectivity index (χ4v) is 2.51. The number of likely N-dealkylation sites (tertiary alicyclic amines) is 1. The summed E-state index contributed by atoms with van der Waals surface area (Å²) in [6, 6.07) is 0.566. The van der Waals surface area contributed by atoms with Crippen LogP contribution in [0, 0.1) is 0 Å². The van der Waals surface area contributed by atoms with Crippen LogP contribution in [0.5, 0.6) is 0 Å². The highest BCUT2D eigenvalue weighted by Gasteiger charge is 2.26. The quantitative estimate of drug-likeness (QED) is 0.649. The van der Waals surface area contributed by atoms with Crippen molar-refractivity contribution in [3.63, 3.8) is 0 Å². The van der Waals surface area contributed by atoms with E-state index in [1.54, 1.807) is 6.26 Å². The van der Waals surface area contributed by atoms with Gasteiger partial charge in [0.1, 0.15) is 0 Å². The highest BCUT2D eigenvalue weighted by atomic mass is 35.5. The standard InChI is InChI=1S/C8H16ClNOS/c1-7-5-8(9)6-10(7)3-4-12(2)11/h7-8H,3-6H2,1-2H3. The Labute approximate surface area is 81.7 Å². The van der Waals surface area contributed by atoms with E-state index in [0.29, 0.717) is 11.4 Å². The molecule has 1 heterocycles. The lowest BCUT2D eigenvalue weighted by molar-refractivity contribution is 0.286. The van der Waals surface area contributed by atoms with E-state index in [1.807, 2.05) is 0 Å². The van der Waals surface area contributed by atoms with Gasteiger partial charge in [-0.1, -0.05) is 0 Å². The van der Waals surface area contributed by atoms with E-state index >= 15 is 0 Å². The van der Waals surface area contributed by atoms with Gasteiger partial charge >= 0.3 is 0 Å². The number of halogens is 1. The minimum Gasteiger partial charge on any atom is -0.298 e. The topological polar surface area (TPSA) is 20.3 Å². The molecule has 0 saturated carbocycles. The van der Waals surface area contributed by atoms with Crippen LogP contribution in [0.2, 0.25) is 0 Å². The summed E-state index contributed by atoms with van der Waals surface area (Å²) in [6.07, 6.45) is 2.82. The maximum absolute atomic E-state index is 10.8. The Morgan fingerprint density at radius 3 is 2.75 bits per heavy atom. The van der Waals surface area contributed by atoms with Crippen molar-refractivity contribution in [1.82, 2.24) is 4.90 Å². The summed E-state index contributed by atoms with van der Waals surface area (Å²) in [5, 5.41) is 0.297. The van der Waals surface area contributed by atoms with Gasteiger partial charge < -0.3 is 0 Å². The molecule has 1 aliphatic rings. The Bertz CT molecular complexity index is 176. The second-order valence-electron chi connectivity index (χ2n) is 3.45. The Morgan fingerprint density at radius 2 is 2.33 bits per heavy atom. The van der Waals surface area contributed by atoms with E-state index in [2.05, 4.69) is 11.8 Å². The predicted octanol–water partition coefficient (Wildman–Crippen LogP) is 1.07. The van der Waals surface area contributed by atoms with Crippen LogP contribution >= 0.6 is 11.6 Å². The van der Waals surface area contributed by atoms with Crippen LogP contribution in [-0.4, -0.2) is 45.6 Å². The molecular formula is C8H16ClNOS. The molecule has 2 nitrogen and oxygen atoms in total. The molecule has 1 rings (SSSR count). The Hall–Kier alpha value is 0.400. The minimum atomic E-state index is -0.673. The maximum Gasteiger partial charge on any atom is 0.0478 e. The number of alkyl halides is 1. The van der Waals surface area contributed by atoms with Crippen molar-refractivity contribution in [2.45, 2.75) is 24.8 Å². The fourth-order valence-electron chi connectivity index (χ4n) is 1.59. The number of hydrogen-bond donors (Lipinski definition) is 0. The van der Waals surface area contributed by atoms with Crippen molar-refractivity contribution in [2.24, 2.45) is 0 Å². The molecular weight excluding hydrogens is 194 g/mol. The second-order valence-corrected chi connectivity index (χ2v) is 5.63. The third kappa shape index (κ3) is 3.04. The van der Waals surface area contributed by atoms with Gasteiger partial charge in [-0.05, 0) is 13.3 Å². The first-order valence-electron chi connectivity index (χ1n) is 4.27. The molecule has 12 heavy (non-hydrogen) atoms. The van der Waals surface area contributed by atoms with Crippen LogP contribution in [0.3, 0.4) is 0 Å². The molecule has 0 radical (unpaired) electrons. The summed E-state index contributed by atoms with van der Waals surface area (Å²) in [5.41, 5.74) is 0. The normalized spacial score (nSPS) is 33.9. The Kier molecular flexibility index (Phi) is 4.00. The molecule has 0 aromatic rings. The van der Waals surface area contributed by atoms with Crippen molar-refractivity contribution in [3.05, 3.63) is 0 Å². The van der Waals surface area contributed by atoms with E-state index in [0.717, 1.165) is 25.3 Å². The van der Waals surface area contributed by atoms with Gasteiger partial charge in [0.15, 0.2) is 0 Å². The largest absolute Gasteiger partial charge is 0.298 e. The van der Waals surface area contributed by atoms with Crippen LogP contribution in [-0.2, 0) is 10.8 Å². The number of nitrogens with zero attached hydrogens (tertiary/aromatic N) is 1. The summed E-state index contributed by atoms with van der Waals surface area (Å²) in [6.45, 7) is 4.06. The summed E-state index contributed by atoms with van der Waals surface area (Å²) in [5.74, 6) is 0.772. The van der Waals surface area contributed by atoms with Crippen LogP contribution in [0.25, 0.3) is 0 Å². The molecule has 0 aromatic carbocycles. The van der Waals surface area contributed by atoms with E-state index in [4.69, 9.17) is 11.6 Å². The van der Waals surface area contributed by atoms with Gasteiger partial charge in [-0.2, -0.15) is 0 Å². The lowest BCUT2D eigenvalue weighted by Gasteiger charge is -2.19. The van der Waals surface area contributed by atoms with Crippen molar-refractivity contribution in [1.29, 1.82) is 0 Å². The van der Waals surface area contributed by atoms with Crippen molar-refractivity contribution < 1.29 is 4.21 Å². The summed E-state index contributed by atoms with van der Waals surface area (Å²) >= 11 is 6.00. The van der Waals surface area contributed by atoms with Crippen molar-refractivity contribution >= 4 is 22.4 Å². The molecule has 3 unspecified atom stereocenters. The zero-order chi connectivity index (χ0) is 9.14. The lowest BCUT2D eigenvalue weighted by atomic mass is 10.2. The summed E-state index contributed by atoms with van der Waals surface area (Å²) < 4.78 is 10.8. The van der Waals surface area contributed by atoms with Crippen LogP contribution in [0.1, 0.15) is 13.3 Å². The van der Waals surface area contributed by atoms with Crippen LogP contribution in [0.4, 0.5) is 0 Å². The third-order valence-corrected chi connectivity index (χ3v) is 3.39. The zero-order valence-corrected chi connectivity index (χ0v) is 9.20. The second kappa shape index (κ2) is 4.58. The first-order valence-corrected chi connectivity index (χ1v) is 6.44. The summed E-state index contributed by atoms with van der Waals surface area (Å²) in [7, 11) is -0.673.